The zero-order chi connectivity index (χ0) is 91.3. The van der Waals surface area contributed by atoms with Crippen LogP contribution in [0.1, 0.15) is 206 Å². The number of rotatable bonds is 30. The molecular formula is C99H106BrN15O13S. The third-order valence-corrected chi connectivity index (χ3v) is 25.1. The fraction of sp³-hybridized carbons (Fsp3) is 0.374. The van der Waals surface area contributed by atoms with E-state index in [2.05, 4.69) is 146 Å². The standard InChI is InChI=1S/C26H26N4O3.C25H26N4O5S.C25H28N4O3.C23H26BrN3O2/c1-15(2)32-24-10-7-17(11-18(24)12-27)26-28-25(29-33-26)22-6-4-5-21-20(22)8-9-23(21)30-13-19(14-30)16(3)31;1-15(2)33-23-10-7-17(13-18(23)14-26)25-27-24(28-34-25)21-6-4-5-20-19(21)8-9-22(20)29-35(31,32)12-11-16(3)30;1-4-18(14-30)27-22-10-9-19-20(22)6-5-7-21(19)24-28-25(32-29-24)16-8-11-23(31-15(2)3)17(12-16)13-26;1-4-12-25-20-10-9-16-17(20)6-5-7-18(16)22-26-23(29-27-22)15-8-11-21(19(24)13-15)28-14(2)3/h4-7,10-11,15,19,23,31H,3,8-9,13-14H2,1-2H3;4-7,10,13,15,22,29H,8-9,11-12H2,1-3H3;5-8,11-12,15,18,22,27,30H,4,9-10,14H2,1-3H3;5-8,11,13-14,20,25H,4,9-10,12H2,1-3H3/t;22-;;20-/m.0.0/s1. The van der Waals surface area contributed by atoms with E-state index in [9.17, 15) is 39.2 Å². The van der Waals surface area contributed by atoms with Crippen molar-refractivity contribution in [3.05, 3.63) is 224 Å². The first-order valence-electron chi connectivity index (χ1n) is 43.9. The van der Waals surface area contributed by atoms with Crippen LogP contribution in [-0.2, 0) is 40.5 Å². The van der Waals surface area contributed by atoms with E-state index in [1.54, 1.807) is 42.5 Å². The summed E-state index contributed by atoms with van der Waals surface area (Å²) in [6, 6.07) is 53.1. The van der Waals surface area contributed by atoms with Gasteiger partial charge in [-0.15, -0.1) is 0 Å². The Bertz CT molecular complexity index is 6280. The van der Waals surface area contributed by atoms with E-state index in [0.29, 0.717) is 117 Å². The summed E-state index contributed by atoms with van der Waals surface area (Å²) < 4.78 is 73.5. The van der Waals surface area contributed by atoms with E-state index < -0.39 is 10.0 Å². The largest absolute Gasteiger partial charge is 0.513 e. The number of nitrogens with one attached hydrogen (secondary N) is 3. The number of aromatic nitrogens is 8. The highest BCUT2D eigenvalue weighted by Crippen LogP contribution is 2.46. The van der Waals surface area contributed by atoms with Gasteiger partial charge in [0.15, 0.2) is 0 Å². The number of halogens is 1. The van der Waals surface area contributed by atoms with Crippen molar-refractivity contribution in [1.29, 1.82) is 15.8 Å². The van der Waals surface area contributed by atoms with Gasteiger partial charge in [-0.3, -0.25) is 9.69 Å². The molecule has 5 heterocycles. The summed E-state index contributed by atoms with van der Waals surface area (Å²) in [4.78, 5) is 32.1. The zero-order valence-corrected chi connectivity index (χ0v) is 76.6. The number of nitrogens with zero attached hydrogens (tertiary/aromatic N) is 12. The number of fused-ring (bicyclic) bond motifs is 4. The number of Topliss-reactive ketones (excluding diaryl/α,β-unsaturated/α-hetero) is 1. The molecule has 17 rings (SSSR count). The van der Waals surface area contributed by atoms with E-state index in [0.717, 1.165) is 120 Å². The number of sulfonamides is 1. The number of carbonyl (C=O) groups is 1. The molecule has 5 N–H and O–H groups in total. The van der Waals surface area contributed by atoms with Crippen molar-refractivity contribution >= 4 is 31.7 Å². The van der Waals surface area contributed by atoms with Crippen LogP contribution in [0.15, 0.2) is 180 Å². The molecule has 1 aliphatic heterocycles. The molecule has 0 amide bonds. The van der Waals surface area contributed by atoms with Gasteiger partial charge in [-0.1, -0.05) is 114 Å². The number of hydrogen-bond acceptors (Lipinski definition) is 27. The first-order chi connectivity index (χ1) is 62.2. The average Bonchev–Trinajstić information content (AvgIpc) is 1.63. The van der Waals surface area contributed by atoms with Gasteiger partial charge in [-0.05, 0) is 266 Å². The lowest BCUT2D eigenvalue weighted by Gasteiger charge is -2.43. The van der Waals surface area contributed by atoms with Crippen molar-refractivity contribution in [2.45, 2.75) is 201 Å². The number of likely N-dealkylation sites (tertiary alicyclic amines) is 1. The van der Waals surface area contributed by atoms with Gasteiger partial charge in [0.2, 0.25) is 33.3 Å². The van der Waals surface area contributed by atoms with Crippen LogP contribution in [0.25, 0.3) is 91.4 Å². The molecule has 0 bridgehead atoms. The average molecular weight is 1830 g/mol. The fourth-order valence-electron chi connectivity index (χ4n) is 16.9. The first kappa shape index (κ1) is 92.6. The van der Waals surface area contributed by atoms with Gasteiger partial charge in [0.05, 0.1) is 63.7 Å². The van der Waals surface area contributed by atoms with Crippen molar-refractivity contribution in [1.82, 2.24) is 60.8 Å². The zero-order valence-electron chi connectivity index (χ0n) is 74.2. The Morgan fingerprint density at radius 1 is 0.527 bits per heavy atom. The van der Waals surface area contributed by atoms with E-state index in [4.69, 9.17) is 37.0 Å². The number of ether oxygens (including phenoxy) is 4. The molecule has 28 nitrogen and oxygen atoms in total. The number of benzene rings is 8. The summed E-state index contributed by atoms with van der Waals surface area (Å²) in [7, 11) is -3.59. The van der Waals surface area contributed by atoms with E-state index in [-0.39, 0.29) is 84.7 Å². The minimum atomic E-state index is -3.59. The first-order valence-corrected chi connectivity index (χ1v) is 46.3. The Morgan fingerprint density at radius 2 is 0.891 bits per heavy atom. The molecule has 1 saturated heterocycles. The SMILES string of the molecule is C=C(O)C1CN(C2CCc3c(-c4noc(-c5ccc(OC(C)C)c(C#N)c5)n4)cccc32)C1.CC(=O)CCS(=O)(=O)N[C@H]1CCc2c(-c3noc(-c4ccc(OC(C)C)c(C#N)c4)n3)cccc21.CCC(CO)NC1CCc2c(-c3noc(-c4ccc(OC(C)C)c(C#N)c4)n3)cccc21.CCCN[C@H]1CCc2c(-c3noc(-c4ccc(OC(C)C)c(Br)c4)n3)cccc21. The Kier molecular flexibility index (Phi) is 29.9. The Labute approximate surface area is 759 Å². The molecule has 129 heavy (non-hydrogen) atoms. The summed E-state index contributed by atoms with van der Waals surface area (Å²) >= 11 is 3.57. The molecule has 8 aromatic carbocycles. The maximum Gasteiger partial charge on any atom is 0.258 e. The summed E-state index contributed by atoms with van der Waals surface area (Å²) in [5, 5.41) is 71.8. The minimum Gasteiger partial charge on any atom is -0.513 e. The third-order valence-electron chi connectivity index (χ3n) is 23.0. The van der Waals surface area contributed by atoms with E-state index in [1.807, 2.05) is 128 Å². The molecular weight excluding hydrogens is 1720 g/mol. The lowest BCUT2D eigenvalue weighted by Crippen LogP contribution is -2.48. The molecule has 5 aliphatic rings. The second-order valence-electron chi connectivity index (χ2n) is 33.7. The predicted molar refractivity (Wildman–Crippen MR) is 491 cm³/mol. The van der Waals surface area contributed by atoms with Gasteiger partial charge in [0, 0.05) is 100 Å². The van der Waals surface area contributed by atoms with Gasteiger partial charge in [0.1, 0.15) is 47.0 Å². The number of ketones is 1. The second kappa shape index (κ2) is 41.7. The lowest BCUT2D eigenvalue weighted by molar-refractivity contribution is -0.116. The molecule has 0 saturated carbocycles. The highest BCUT2D eigenvalue weighted by atomic mass is 79.9. The molecule has 5 atom stereocenters. The van der Waals surface area contributed by atoms with Crippen LogP contribution in [0.2, 0.25) is 0 Å². The van der Waals surface area contributed by atoms with Gasteiger partial charge >= 0.3 is 0 Å². The van der Waals surface area contributed by atoms with Crippen LogP contribution in [-0.4, -0.2) is 132 Å². The molecule has 12 aromatic rings. The number of nitriles is 3. The quantitative estimate of drug-likeness (QED) is 0.0261. The molecule has 668 valence electrons. The van der Waals surface area contributed by atoms with Crippen LogP contribution in [0.3, 0.4) is 0 Å². The normalized spacial score (nSPS) is 16.2. The second-order valence-corrected chi connectivity index (χ2v) is 36.5. The Hall–Kier alpha value is -12.6. The molecule has 30 heteroatoms. The Balaban J connectivity index is 0.000000139. The van der Waals surface area contributed by atoms with Gasteiger partial charge in [-0.25, -0.2) is 13.1 Å². The van der Waals surface area contributed by atoms with Gasteiger partial charge in [-0.2, -0.15) is 35.7 Å². The summed E-state index contributed by atoms with van der Waals surface area (Å²) in [6.45, 7) is 27.6. The van der Waals surface area contributed by atoms with E-state index in [1.165, 1.54) is 40.3 Å². The predicted octanol–water partition coefficient (Wildman–Crippen LogP) is 19.4. The molecule has 4 aliphatic carbocycles. The molecule has 0 spiro atoms. The smallest absolute Gasteiger partial charge is 0.258 e. The molecule has 3 unspecified atom stereocenters. The molecule has 1 fully saturated rings. The van der Waals surface area contributed by atoms with Crippen LogP contribution in [0.4, 0.5) is 0 Å². The minimum absolute atomic E-state index is 0.0152. The van der Waals surface area contributed by atoms with Crippen molar-refractivity contribution < 1.29 is 60.5 Å². The van der Waals surface area contributed by atoms with Crippen LogP contribution >= 0.6 is 15.9 Å². The maximum atomic E-state index is 12.4. The maximum absolute atomic E-state index is 12.4. The van der Waals surface area contributed by atoms with Crippen LogP contribution in [0.5, 0.6) is 23.0 Å². The highest BCUT2D eigenvalue weighted by molar-refractivity contribution is 9.10. The molecule has 0 radical (unpaired) electrons. The van der Waals surface area contributed by atoms with E-state index >= 15 is 0 Å². The van der Waals surface area contributed by atoms with Crippen molar-refractivity contribution in [3.8, 4) is 133 Å². The van der Waals surface area contributed by atoms with Crippen molar-refractivity contribution in [2.75, 3.05) is 32.0 Å². The summed E-state index contributed by atoms with van der Waals surface area (Å²) in [5.41, 5.74) is 17.3. The fourth-order valence-corrected chi connectivity index (χ4v) is 18.7. The van der Waals surface area contributed by atoms with Crippen molar-refractivity contribution in [3.63, 3.8) is 0 Å². The monoisotopic (exact) mass is 1820 g/mol. The number of aliphatic hydroxyl groups is 2. The highest BCUT2D eigenvalue weighted by Gasteiger charge is 2.40. The van der Waals surface area contributed by atoms with Crippen molar-refractivity contribution in [2.24, 2.45) is 5.92 Å². The van der Waals surface area contributed by atoms with Crippen LogP contribution < -0.4 is 34.3 Å². The number of aliphatic hydroxyl groups excluding tert-OH is 2. The Morgan fingerprint density at radius 3 is 1.27 bits per heavy atom. The summed E-state index contributed by atoms with van der Waals surface area (Å²) in [5.74, 6) is 6.06. The lowest BCUT2D eigenvalue weighted by atomic mass is 9.93. The number of carbonyl (C=O) groups excluding carboxylic acids is 1. The van der Waals surface area contributed by atoms with Gasteiger partial charge in [0.25, 0.3) is 23.6 Å². The van der Waals surface area contributed by atoms with Gasteiger partial charge < -0.3 is 57.9 Å². The molecule has 4 aromatic heterocycles. The topological polar surface area (TPSA) is 395 Å². The van der Waals surface area contributed by atoms with Crippen LogP contribution in [0, 0.1) is 39.9 Å². The summed E-state index contributed by atoms with van der Waals surface area (Å²) in [6.07, 6.45) is 9.25. The number of hydrogen-bond donors (Lipinski definition) is 5. The third kappa shape index (κ3) is 21.9.